The van der Waals surface area contributed by atoms with Crippen LogP contribution < -0.4 is 5.73 Å². The summed E-state index contributed by atoms with van der Waals surface area (Å²) in [6.45, 7) is 1.95. The number of nitrogens with zero attached hydrogens (tertiary/aromatic N) is 2. The monoisotopic (exact) mass is 313 g/mol. The first-order valence-corrected chi connectivity index (χ1v) is 7.83. The molecule has 0 amide bonds. The molecule has 0 aliphatic rings. The third-order valence-electron chi connectivity index (χ3n) is 3.72. The van der Waals surface area contributed by atoms with Gasteiger partial charge in [-0.1, -0.05) is 72.8 Å². The van der Waals surface area contributed by atoms with Crippen LogP contribution in [0.3, 0.4) is 0 Å². The Morgan fingerprint density at radius 3 is 1.62 bits per heavy atom. The summed E-state index contributed by atoms with van der Waals surface area (Å²) >= 11 is 0. The van der Waals surface area contributed by atoms with E-state index in [0.717, 1.165) is 33.8 Å². The molecule has 0 unspecified atom stereocenters. The minimum absolute atomic E-state index is 0.740. The van der Waals surface area contributed by atoms with Crippen LogP contribution in [0, 0.1) is 0 Å². The number of nitrogen functional groups attached to an aromatic ring is 1. The molecule has 0 bridgehead atoms. The molecular formula is C21H19N3. The van der Waals surface area contributed by atoms with E-state index in [1.165, 1.54) is 0 Å². The second-order valence-corrected chi connectivity index (χ2v) is 5.49. The molecule has 0 aliphatic carbocycles. The SMILES string of the molecule is C/C(=N/N=C(c1ccccc1)c1ccccc1)c1ccc(N)cc1. The minimum Gasteiger partial charge on any atom is -0.399 e. The highest BCUT2D eigenvalue weighted by atomic mass is 15.2. The van der Waals surface area contributed by atoms with Crippen LogP contribution in [0.2, 0.25) is 0 Å². The average molecular weight is 313 g/mol. The summed E-state index contributed by atoms with van der Waals surface area (Å²) in [7, 11) is 0. The molecule has 0 radical (unpaired) electrons. The molecule has 3 aromatic rings. The molecule has 0 atom stereocenters. The van der Waals surface area contributed by atoms with Crippen molar-refractivity contribution in [2.75, 3.05) is 5.73 Å². The standard InChI is InChI=1S/C21H19N3/c1-16(17-12-14-20(22)15-13-17)23-24-21(18-8-4-2-5-9-18)19-10-6-3-7-11-19/h2-15H,22H2,1H3/b23-16-. The van der Waals surface area contributed by atoms with Crippen LogP contribution in [0.4, 0.5) is 5.69 Å². The molecule has 118 valence electrons. The first kappa shape index (κ1) is 15.7. The van der Waals surface area contributed by atoms with Crippen LogP contribution in [-0.2, 0) is 0 Å². The highest BCUT2D eigenvalue weighted by Crippen LogP contribution is 2.12. The Kier molecular flexibility index (Phi) is 4.82. The molecular weight excluding hydrogens is 294 g/mol. The van der Waals surface area contributed by atoms with Crippen molar-refractivity contribution in [1.82, 2.24) is 0 Å². The van der Waals surface area contributed by atoms with E-state index >= 15 is 0 Å². The number of hydrogen-bond acceptors (Lipinski definition) is 3. The number of hydrogen-bond donors (Lipinski definition) is 1. The fraction of sp³-hybridized carbons (Fsp3) is 0.0476. The van der Waals surface area contributed by atoms with Gasteiger partial charge in [-0.05, 0) is 24.6 Å². The van der Waals surface area contributed by atoms with Crippen molar-refractivity contribution in [1.29, 1.82) is 0 Å². The summed E-state index contributed by atoms with van der Waals surface area (Å²) in [6, 6.07) is 27.8. The van der Waals surface area contributed by atoms with Crippen molar-refractivity contribution in [3.8, 4) is 0 Å². The zero-order chi connectivity index (χ0) is 16.8. The van der Waals surface area contributed by atoms with E-state index in [1.54, 1.807) is 0 Å². The normalized spacial score (nSPS) is 11.1. The molecule has 3 rings (SSSR count). The molecule has 3 nitrogen and oxygen atoms in total. The fourth-order valence-corrected chi connectivity index (χ4v) is 2.38. The first-order chi connectivity index (χ1) is 11.7. The lowest BCUT2D eigenvalue weighted by Gasteiger charge is -2.06. The molecule has 3 heteroatoms. The third kappa shape index (κ3) is 3.76. The molecule has 0 heterocycles. The van der Waals surface area contributed by atoms with Gasteiger partial charge >= 0.3 is 0 Å². The summed E-state index contributed by atoms with van der Waals surface area (Å²) < 4.78 is 0. The molecule has 24 heavy (non-hydrogen) atoms. The number of nitrogens with two attached hydrogens (primary N) is 1. The van der Waals surface area contributed by atoms with Crippen LogP contribution in [0.25, 0.3) is 0 Å². The summed E-state index contributed by atoms with van der Waals surface area (Å²) in [5.74, 6) is 0. The smallest absolute Gasteiger partial charge is 0.100 e. The molecule has 0 saturated carbocycles. The highest BCUT2D eigenvalue weighted by Gasteiger charge is 2.06. The van der Waals surface area contributed by atoms with Gasteiger partial charge in [0.15, 0.2) is 0 Å². The van der Waals surface area contributed by atoms with Crippen molar-refractivity contribution in [3.63, 3.8) is 0 Å². The van der Waals surface area contributed by atoms with Crippen LogP contribution in [0.1, 0.15) is 23.6 Å². The van der Waals surface area contributed by atoms with Crippen molar-refractivity contribution in [2.24, 2.45) is 10.2 Å². The Morgan fingerprint density at radius 1 is 0.625 bits per heavy atom. The van der Waals surface area contributed by atoms with Crippen molar-refractivity contribution in [2.45, 2.75) is 6.92 Å². The average Bonchev–Trinajstić information content (AvgIpc) is 2.64. The fourth-order valence-electron chi connectivity index (χ4n) is 2.38. The van der Waals surface area contributed by atoms with Crippen molar-refractivity contribution >= 4 is 17.1 Å². The highest BCUT2D eigenvalue weighted by molar-refractivity contribution is 6.13. The molecule has 2 N–H and O–H groups in total. The van der Waals surface area contributed by atoms with Gasteiger partial charge in [-0.3, -0.25) is 0 Å². The van der Waals surface area contributed by atoms with Gasteiger partial charge in [-0.2, -0.15) is 5.10 Å². The van der Waals surface area contributed by atoms with Crippen LogP contribution >= 0.6 is 0 Å². The maximum atomic E-state index is 5.73. The predicted molar refractivity (Wildman–Crippen MR) is 102 cm³/mol. The quantitative estimate of drug-likeness (QED) is 0.429. The largest absolute Gasteiger partial charge is 0.399 e. The number of anilines is 1. The van der Waals surface area contributed by atoms with E-state index < -0.39 is 0 Å². The molecule has 0 aliphatic heterocycles. The van der Waals surface area contributed by atoms with Gasteiger partial charge < -0.3 is 5.73 Å². The van der Waals surface area contributed by atoms with Crippen LogP contribution in [-0.4, -0.2) is 11.4 Å². The maximum Gasteiger partial charge on any atom is 0.100 e. The molecule has 0 spiro atoms. The lowest BCUT2D eigenvalue weighted by Crippen LogP contribution is -2.03. The summed E-state index contributed by atoms with van der Waals surface area (Å²) in [5.41, 5.74) is 11.3. The van der Waals surface area contributed by atoms with Crippen LogP contribution in [0.5, 0.6) is 0 Å². The Labute approximate surface area is 142 Å². The molecule has 0 aromatic heterocycles. The van der Waals surface area contributed by atoms with Crippen LogP contribution in [0.15, 0.2) is 95.1 Å². The topological polar surface area (TPSA) is 50.7 Å². The maximum absolute atomic E-state index is 5.73. The van der Waals surface area contributed by atoms with Gasteiger partial charge in [0, 0.05) is 16.8 Å². The van der Waals surface area contributed by atoms with Gasteiger partial charge in [0.1, 0.15) is 5.71 Å². The van der Waals surface area contributed by atoms with E-state index in [0.29, 0.717) is 0 Å². The zero-order valence-electron chi connectivity index (χ0n) is 13.6. The van der Waals surface area contributed by atoms with E-state index in [9.17, 15) is 0 Å². The predicted octanol–water partition coefficient (Wildman–Crippen LogP) is 4.53. The number of benzene rings is 3. The first-order valence-electron chi connectivity index (χ1n) is 7.83. The van der Waals surface area contributed by atoms with Crippen molar-refractivity contribution < 1.29 is 0 Å². The van der Waals surface area contributed by atoms with E-state index in [4.69, 9.17) is 5.73 Å². The second-order valence-electron chi connectivity index (χ2n) is 5.49. The lowest BCUT2D eigenvalue weighted by atomic mass is 10.0. The van der Waals surface area contributed by atoms with Gasteiger partial charge in [0.05, 0.1) is 5.71 Å². The number of rotatable bonds is 4. The third-order valence-corrected chi connectivity index (χ3v) is 3.72. The molecule has 0 fully saturated rings. The van der Waals surface area contributed by atoms with Gasteiger partial charge in [0.2, 0.25) is 0 Å². The van der Waals surface area contributed by atoms with Gasteiger partial charge in [-0.25, -0.2) is 0 Å². The second kappa shape index (κ2) is 7.38. The Balaban J connectivity index is 2.01. The van der Waals surface area contributed by atoms with E-state index in [1.807, 2.05) is 91.9 Å². The molecule has 3 aromatic carbocycles. The van der Waals surface area contributed by atoms with E-state index in [-0.39, 0.29) is 0 Å². The zero-order valence-corrected chi connectivity index (χ0v) is 13.6. The lowest BCUT2D eigenvalue weighted by molar-refractivity contribution is 1.22. The Bertz CT molecular complexity index is 807. The van der Waals surface area contributed by atoms with Gasteiger partial charge in [0.25, 0.3) is 0 Å². The summed E-state index contributed by atoms with van der Waals surface area (Å²) in [6.07, 6.45) is 0. The Morgan fingerprint density at radius 2 is 1.12 bits per heavy atom. The molecule has 0 saturated heterocycles. The van der Waals surface area contributed by atoms with E-state index in [2.05, 4.69) is 10.2 Å². The Hall–Kier alpha value is -3.20. The van der Waals surface area contributed by atoms with Crippen molar-refractivity contribution in [3.05, 3.63) is 102 Å². The van der Waals surface area contributed by atoms with Gasteiger partial charge in [-0.15, -0.1) is 5.10 Å². The minimum atomic E-state index is 0.740. The summed E-state index contributed by atoms with van der Waals surface area (Å²) in [5, 5.41) is 8.98. The summed E-state index contributed by atoms with van der Waals surface area (Å²) in [4.78, 5) is 0.